The van der Waals surface area contributed by atoms with Crippen LogP contribution in [0.1, 0.15) is 0 Å². The van der Waals surface area contributed by atoms with Crippen molar-refractivity contribution in [2.45, 2.75) is 0 Å². The zero-order valence-corrected chi connectivity index (χ0v) is 34.3. The molecule has 0 aliphatic rings. The molecule has 0 spiro atoms. The van der Waals surface area contributed by atoms with Crippen molar-refractivity contribution in [1.82, 2.24) is 0 Å². The topological polar surface area (TPSA) is 52.6 Å². The third-order valence-electron chi connectivity index (χ3n) is 13.1. The highest BCUT2D eigenvalue weighted by Gasteiger charge is 2.16. The summed E-state index contributed by atoms with van der Waals surface area (Å²) in [5.74, 6) is 0. The summed E-state index contributed by atoms with van der Waals surface area (Å²) >= 11 is 0. The van der Waals surface area contributed by atoms with Crippen LogP contribution in [0.4, 0.5) is 0 Å². The minimum atomic E-state index is 0.866. The molecule has 0 aliphatic carbocycles. The maximum Gasteiger partial charge on any atom is 0.135 e. The predicted octanol–water partition coefficient (Wildman–Crippen LogP) is 17.6. The van der Waals surface area contributed by atoms with E-state index in [1.54, 1.807) is 0 Å². The molecule has 0 atom stereocenters. The molecule has 10 aromatic carbocycles. The highest BCUT2D eigenvalue weighted by atomic mass is 16.3. The van der Waals surface area contributed by atoms with Crippen LogP contribution in [0.15, 0.2) is 224 Å². The summed E-state index contributed by atoms with van der Waals surface area (Å²) in [5.41, 5.74) is 18.4. The molecule has 14 aromatic rings. The minimum Gasteiger partial charge on any atom is -0.456 e. The standard InChI is InChI=1S/C60H34O4/c1-4-13-53-45(10-1)48-30-38(17-21-56(48)61-53)39-18-23-60-52(32-39)51-31-37(16-22-59(51)64-60)35-8-7-9-36(26-35)42-27-43(40-19-24-57-49(33-40)46-11-2-5-14-54(46)62-57)29-44(28-42)41-20-25-58-50(34-41)47-12-3-6-15-55(47)63-58/h1-34H. The lowest BCUT2D eigenvalue weighted by Crippen LogP contribution is -1.87. The second-order valence-corrected chi connectivity index (χ2v) is 16.8. The molecule has 298 valence electrons. The van der Waals surface area contributed by atoms with Gasteiger partial charge in [0.2, 0.25) is 0 Å². The van der Waals surface area contributed by atoms with Gasteiger partial charge in [0.15, 0.2) is 0 Å². The van der Waals surface area contributed by atoms with E-state index in [2.05, 4.69) is 170 Å². The molecule has 4 nitrogen and oxygen atoms in total. The van der Waals surface area contributed by atoms with E-state index in [0.29, 0.717) is 0 Å². The summed E-state index contributed by atoms with van der Waals surface area (Å²) < 4.78 is 25.0. The van der Waals surface area contributed by atoms with E-state index >= 15 is 0 Å². The first-order valence-electron chi connectivity index (χ1n) is 21.6. The third-order valence-corrected chi connectivity index (χ3v) is 13.1. The van der Waals surface area contributed by atoms with Gasteiger partial charge in [-0.2, -0.15) is 0 Å². The van der Waals surface area contributed by atoms with Crippen LogP contribution in [0.5, 0.6) is 0 Å². The van der Waals surface area contributed by atoms with Crippen molar-refractivity contribution in [3.8, 4) is 55.6 Å². The lowest BCUT2D eigenvalue weighted by Gasteiger charge is -2.13. The van der Waals surface area contributed by atoms with Gasteiger partial charge in [-0.15, -0.1) is 0 Å². The zero-order chi connectivity index (χ0) is 41.9. The van der Waals surface area contributed by atoms with Gasteiger partial charge in [0.1, 0.15) is 44.7 Å². The van der Waals surface area contributed by atoms with Crippen LogP contribution in [-0.4, -0.2) is 0 Å². The number of rotatable bonds is 5. The Kier molecular flexibility index (Phi) is 7.36. The lowest BCUT2D eigenvalue weighted by molar-refractivity contribution is 0.668. The Morgan fingerprint density at radius 3 is 0.734 bits per heavy atom. The van der Waals surface area contributed by atoms with Gasteiger partial charge in [0.25, 0.3) is 0 Å². The highest BCUT2D eigenvalue weighted by molar-refractivity contribution is 6.11. The number of benzene rings is 10. The van der Waals surface area contributed by atoms with Crippen molar-refractivity contribution >= 4 is 87.8 Å². The van der Waals surface area contributed by atoms with Gasteiger partial charge in [0, 0.05) is 43.1 Å². The number of hydrogen-bond acceptors (Lipinski definition) is 4. The molecule has 0 saturated heterocycles. The number of fused-ring (bicyclic) bond motifs is 12. The number of hydrogen-bond donors (Lipinski definition) is 0. The largest absolute Gasteiger partial charge is 0.456 e. The first-order valence-corrected chi connectivity index (χ1v) is 21.6. The fourth-order valence-electron chi connectivity index (χ4n) is 9.86. The maximum absolute atomic E-state index is 6.42. The average Bonchev–Trinajstić information content (AvgIpc) is 4.13. The van der Waals surface area contributed by atoms with Gasteiger partial charge in [-0.25, -0.2) is 0 Å². The molecule has 4 aromatic heterocycles. The van der Waals surface area contributed by atoms with Crippen LogP contribution in [-0.2, 0) is 0 Å². The molecule has 4 heteroatoms. The van der Waals surface area contributed by atoms with Crippen LogP contribution >= 0.6 is 0 Å². The van der Waals surface area contributed by atoms with Crippen molar-refractivity contribution in [3.63, 3.8) is 0 Å². The van der Waals surface area contributed by atoms with E-state index < -0.39 is 0 Å². The summed E-state index contributed by atoms with van der Waals surface area (Å²) in [6.07, 6.45) is 0. The van der Waals surface area contributed by atoms with Crippen molar-refractivity contribution in [2.75, 3.05) is 0 Å². The van der Waals surface area contributed by atoms with Gasteiger partial charge < -0.3 is 17.7 Å². The van der Waals surface area contributed by atoms with Crippen LogP contribution in [0.25, 0.3) is 143 Å². The smallest absolute Gasteiger partial charge is 0.135 e. The normalized spacial score (nSPS) is 12.1. The zero-order valence-electron chi connectivity index (χ0n) is 34.3. The molecular weight excluding hydrogens is 785 g/mol. The Hall–Kier alpha value is -8.60. The first kappa shape index (κ1) is 35.0. The first-order chi connectivity index (χ1) is 31.6. The van der Waals surface area contributed by atoms with Crippen molar-refractivity contribution in [3.05, 3.63) is 206 Å². The second-order valence-electron chi connectivity index (χ2n) is 16.8. The van der Waals surface area contributed by atoms with Gasteiger partial charge in [0.05, 0.1) is 0 Å². The van der Waals surface area contributed by atoms with Gasteiger partial charge in [-0.3, -0.25) is 0 Å². The fourth-order valence-corrected chi connectivity index (χ4v) is 9.86. The summed E-state index contributed by atoms with van der Waals surface area (Å²) in [6.45, 7) is 0. The number of furan rings is 4. The number of para-hydroxylation sites is 3. The molecular formula is C60H34O4. The molecule has 0 amide bonds. The summed E-state index contributed by atoms with van der Waals surface area (Å²) in [6, 6.07) is 73.1. The van der Waals surface area contributed by atoms with Crippen LogP contribution in [0, 0.1) is 0 Å². The van der Waals surface area contributed by atoms with Crippen LogP contribution in [0.3, 0.4) is 0 Å². The fraction of sp³-hybridized carbons (Fsp3) is 0. The molecule has 0 bridgehead atoms. The summed E-state index contributed by atoms with van der Waals surface area (Å²) in [5, 5.41) is 8.86. The van der Waals surface area contributed by atoms with Crippen LogP contribution < -0.4 is 0 Å². The molecule has 0 saturated carbocycles. The summed E-state index contributed by atoms with van der Waals surface area (Å²) in [4.78, 5) is 0. The minimum absolute atomic E-state index is 0.866. The second kappa shape index (κ2) is 13.4. The molecule has 0 unspecified atom stereocenters. The molecule has 4 heterocycles. The van der Waals surface area contributed by atoms with Gasteiger partial charge >= 0.3 is 0 Å². The lowest BCUT2D eigenvalue weighted by atomic mass is 9.91. The molecule has 0 N–H and O–H groups in total. The monoisotopic (exact) mass is 818 g/mol. The van der Waals surface area contributed by atoms with Gasteiger partial charge in [-0.1, -0.05) is 103 Å². The third kappa shape index (κ3) is 5.49. The van der Waals surface area contributed by atoms with Crippen molar-refractivity contribution in [2.24, 2.45) is 0 Å². The average molecular weight is 819 g/mol. The van der Waals surface area contributed by atoms with E-state index in [-0.39, 0.29) is 0 Å². The predicted molar refractivity (Wildman–Crippen MR) is 263 cm³/mol. The quantitative estimate of drug-likeness (QED) is 0.174. The van der Waals surface area contributed by atoms with Crippen LogP contribution in [0.2, 0.25) is 0 Å². The van der Waals surface area contributed by atoms with E-state index in [0.717, 1.165) is 143 Å². The summed E-state index contributed by atoms with van der Waals surface area (Å²) in [7, 11) is 0. The highest BCUT2D eigenvalue weighted by Crippen LogP contribution is 2.41. The maximum atomic E-state index is 6.42. The Bertz CT molecular complexity index is 4080. The van der Waals surface area contributed by atoms with Crippen molar-refractivity contribution < 1.29 is 17.7 Å². The molecule has 64 heavy (non-hydrogen) atoms. The Morgan fingerprint density at radius 1 is 0.156 bits per heavy atom. The van der Waals surface area contributed by atoms with E-state index in [1.807, 2.05) is 36.4 Å². The van der Waals surface area contributed by atoms with E-state index in [1.165, 1.54) is 0 Å². The molecule has 0 aliphatic heterocycles. The SMILES string of the molecule is c1cc(-c2cc(-c3ccc4oc5ccccc5c4c3)cc(-c3ccc4oc5ccccc5c4c3)c2)cc(-c2ccc3oc4ccc(-c5ccc6oc7ccccc7c6c5)cc4c3c2)c1. The molecule has 0 radical (unpaired) electrons. The van der Waals surface area contributed by atoms with E-state index in [9.17, 15) is 0 Å². The molecule has 0 fully saturated rings. The Morgan fingerprint density at radius 2 is 0.391 bits per heavy atom. The Labute approximate surface area is 365 Å². The van der Waals surface area contributed by atoms with Gasteiger partial charge in [-0.05, 0) is 159 Å². The van der Waals surface area contributed by atoms with E-state index in [4.69, 9.17) is 17.7 Å². The molecule has 14 rings (SSSR count). The Balaban J connectivity index is 0.891. The van der Waals surface area contributed by atoms with Crippen molar-refractivity contribution in [1.29, 1.82) is 0 Å².